The summed E-state index contributed by atoms with van der Waals surface area (Å²) >= 11 is 17.7. The Hall–Kier alpha value is -2.22. The maximum absolute atomic E-state index is 12.0. The zero-order valence-corrected chi connectivity index (χ0v) is 15.0. The molecule has 10 heteroatoms. The molecule has 0 fully saturated rings. The first-order chi connectivity index (χ1) is 11.8. The molecule has 0 bridgehead atoms. The Bertz CT molecular complexity index is 829. The summed E-state index contributed by atoms with van der Waals surface area (Å²) < 4.78 is 10.3. The minimum atomic E-state index is -0.581. The Morgan fingerprint density at radius 2 is 1.80 bits per heavy atom. The molecule has 0 radical (unpaired) electrons. The van der Waals surface area contributed by atoms with E-state index in [9.17, 15) is 14.9 Å². The quantitative estimate of drug-likeness (QED) is 0.431. The van der Waals surface area contributed by atoms with Crippen LogP contribution in [0, 0.1) is 10.1 Å². The zero-order chi connectivity index (χ0) is 18.6. The van der Waals surface area contributed by atoms with Gasteiger partial charge in [-0.1, -0.05) is 34.8 Å². The summed E-state index contributed by atoms with van der Waals surface area (Å²) in [6, 6.07) is 6.60. The molecule has 0 aromatic heterocycles. The first kappa shape index (κ1) is 19.1. The summed E-state index contributed by atoms with van der Waals surface area (Å²) in [5.41, 5.74) is 0.0689. The van der Waals surface area contributed by atoms with Crippen molar-refractivity contribution in [2.24, 2.45) is 0 Å². The Balaban J connectivity index is 2.09. The number of benzene rings is 2. The fourth-order valence-corrected chi connectivity index (χ4v) is 2.43. The average Bonchev–Trinajstić information content (AvgIpc) is 2.57. The lowest BCUT2D eigenvalue weighted by molar-refractivity contribution is -0.385. The minimum Gasteiger partial charge on any atom is -0.493 e. The lowest BCUT2D eigenvalue weighted by Gasteiger charge is -2.12. The highest BCUT2D eigenvalue weighted by molar-refractivity contribution is 6.44. The van der Waals surface area contributed by atoms with Gasteiger partial charge in [-0.25, -0.2) is 0 Å². The third kappa shape index (κ3) is 4.88. The molecule has 2 aromatic carbocycles. The van der Waals surface area contributed by atoms with Crippen molar-refractivity contribution in [3.63, 3.8) is 0 Å². The number of anilines is 1. The normalized spacial score (nSPS) is 10.2. The number of nitro groups is 1. The van der Waals surface area contributed by atoms with Crippen LogP contribution in [-0.4, -0.2) is 24.5 Å². The van der Waals surface area contributed by atoms with Crippen molar-refractivity contribution in [1.82, 2.24) is 0 Å². The molecule has 0 atom stereocenters. The number of halogens is 3. The van der Waals surface area contributed by atoms with Gasteiger partial charge in [-0.15, -0.1) is 0 Å². The highest BCUT2D eigenvalue weighted by atomic mass is 35.5. The third-order valence-corrected chi connectivity index (χ3v) is 4.04. The van der Waals surface area contributed by atoms with E-state index < -0.39 is 17.4 Å². The van der Waals surface area contributed by atoms with Gasteiger partial charge >= 0.3 is 0 Å². The van der Waals surface area contributed by atoms with Crippen LogP contribution < -0.4 is 14.8 Å². The summed E-state index contributed by atoms with van der Waals surface area (Å²) in [5, 5.41) is 14.0. The predicted molar refractivity (Wildman–Crippen MR) is 95.2 cm³/mol. The molecule has 1 N–H and O–H groups in total. The summed E-state index contributed by atoms with van der Waals surface area (Å²) in [4.78, 5) is 22.2. The van der Waals surface area contributed by atoms with E-state index in [2.05, 4.69) is 5.32 Å². The monoisotopic (exact) mass is 404 g/mol. The SMILES string of the molecule is COc1ccc([N+](=O)[O-])cc1OCC(=O)Nc1cc(Cl)c(Cl)cc1Cl. The van der Waals surface area contributed by atoms with Crippen molar-refractivity contribution >= 4 is 52.1 Å². The fraction of sp³-hybridized carbons (Fsp3) is 0.133. The lowest BCUT2D eigenvalue weighted by Crippen LogP contribution is -2.20. The second-order valence-electron chi connectivity index (χ2n) is 4.68. The van der Waals surface area contributed by atoms with Gasteiger partial charge in [0.05, 0.1) is 38.9 Å². The maximum Gasteiger partial charge on any atom is 0.273 e. The molecule has 25 heavy (non-hydrogen) atoms. The molecule has 0 saturated carbocycles. The Labute approximate surface area is 157 Å². The number of nitrogens with zero attached hydrogens (tertiary/aromatic N) is 1. The number of nitrogens with one attached hydrogen (secondary N) is 1. The number of non-ortho nitro benzene ring substituents is 1. The second kappa shape index (κ2) is 8.24. The molecule has 0 aliphatic carbocycles. The van der Waals surface area contributed by atoms with Gasteiger partial charge < -0.3 is 14.8 Å². The predicted octanol–water partition coefficient (Wildman–Crippen LogP) is 4.58. The largest absolute Gasteiger partial charge is 0.493 e. The standard InChI is InChI=1S/C15H11Cl3N2O5/c1-24-13-3-2-8(20(22)23)4-14(13)25-7-15(21)19-12-6-10(17)9(16)5-11(12)18/h2-6H,7H2,1H3,(H,19,21). The molecule has 1 amide bonds. The number of methoxy groups -OCH3 is 1. The van der Waals surface area contributed by atoms with E-state index in [1.165, 1.54) is 31.4 Å². The van der Waals surface area contributed by atoms with Crippen LogP contribution >= 0.6 is 34.8 Å². The second-order valence-corrected chi connectivity index (χ2v) is 5.90. The van der Waals surface area contributed by atoms with Crippen LogP contribution in [0.5, 0.6) is 11.5 Å². The summed E-state index contributed by atoms with van der Waals surface area (Å²) in [6.07, 6.45) is 0. The van der Waals surface area contributed by atoms with Gasteiger partial charge in [0.15, 0.2) is 18.1 Å². The van der Waals surface area contributed by atoms with E-state index in [4.69, 9.17) is 44.3 Å². The van der Waals surface area contributed by atoms with Crippen LogP contribution in [0.1, 0.15) is 0 Å². The molecule has 0 heterocycles. The van der Waals surface area contributed by atoms with E-state index in [-0.39, 0.29) is 37.9 Å². The zero-order valence-electron chi connectivity index (χ0n) is 12.7. The number of ether oxygens (including phenoxy) is 2. The topological polar surface area (TPSA) is 90.7 Å². The maximum atomic E-state index is 12.0. The number of nitro benzene ring substituents is 1. The molecule has 0 aliphatic rings. The van der Waals surface area contributed by atoms with Crippen molar-refractivity contribution in [1.29, 1.82) is 0 Å². The smallest absolute Gasteiger partial charge is 0.273 e. The number of carbonyl (C=O) groups excluding carboxylic acids is 1. The van der Waals surface area contributed by atoms with Gasteiger partial charge in [0.2, 0.25) is 0 Å². The molecule has 0 aliphatic heterocycles. The molecular formula is C15H11Cl3N2O5. The van der Waals surface area contributed by atoms with E-state index in [0.717, 1.165) is 6.07 Å². The lowest BCUT2D eigenvalue weighted by atomic mass is 10.3. The van der Waals surface area contributed by atoms with Crippen molar-refractivity contribution < 1.29 is 19.2 Å². The van der Waals surface area contributed by atoms with E-state index >= 15 is 0 Å². The van der Waals surface area contributed by atoms with Gasteiger partial charge in [-0.05, 0) is 18.2 Å². The van der Waals surface area contributed by atoms with Crippen molar-refractivity contribution in [2.75, 3.05) is 19.0 Å². The van der Waals surface area contributed by atoms with E-state index in [1.54, 1.807) is 0 Å². The molecule has 0 unspecified atom stereocenters. The fourth-order valence-electron chi connectivity index (χ4n) is 1.84. The molecule has 2 rings (SSSR count). The molecule has 0 saturated heterocycles. The van der Waals surface area contributed by atoms with Crippen LogP contribution in [-0.2, 0) is 4.79 Å². The number of hydrogen-bond donors (Lipinski definition) is 1. The Kier molecular flexibility index (Phi) is 6.30. The Morgan fingerprint density at radius 1 is 1.12 bits per heavy atom. The van der Waals surface area contributed by atoms with E-state index in [0.29, 0.717) is 0 Å². The number of rotatable bonds is 6. The number of amides is 1. The molecule has 7 nitrogen and oxygen atoms in total. The van der Waals surface area contributed by atoms with Crippen molar-refractivity contribution in [2.45, 2.75) is 0 Å². The number of carbonyl (C=O) groups is 1. The van der Waals surface area contributed by atoms with Crippen LogP contribution in [0.4, 0.5) is 11.4 Å². The van der Waals surface area contributed by atoms with Crippen molar-refractivity contribution in [3.05, 3.63) is 55.5 Å². The first-order valence-corrected chi connectivity index (χ1v) is 7.85. The summed E-state index contributed by atoms with van der Waals surface area (Å²) in [7, 11) is 1.38. The third-order valence-electron chi connectivity index (χ3n) is 3.00. The molecule has 2 aromatic rings. The molecular weight excluding hydrogens is 395 g/mol. The van der Waals surface area contributed by atoms with Crippen LogP contribution in [0.15, 0.2) is 30.3 Å². The number of hydrogen-bond acceptors (Lipinski definition) is 5. The van der Waals surface area contributed by atoms with Gasteiger partial charge in [0.25, 0.3) is 11.6 Å². The Morgan fingerprint density at radius 3 is 2.44 bits per heavy atom. The van der Waals surface area contributed by atoms with Gasteiger partial charge in [-0.3, -0.25) is 14.9 Å². The van der Waals surface area contributed by atoms with Gasteiger partial charge in [-0.2, -0.15) is 0 Å². The molecule has 0 spiro atoms. The van der Waals surface area contributed by atoms with Gasteiger partial charge in [0, 0.05) is 6.07 Å². The summed E-state index contributed by atoms with van der Waals surface area (Å²) in [6.45, 7) is -0.423. The summed E-state index contributed by atoms with van der Waals surface area (Å²) in [5.74, 6) is -0.230. The van der Waals surface area contributed by atoms with Crippen LogP contribution in [0.2, 0.25) is 15.1 Å². The van der Waals surface area contributed by atoms with Crippen molar-refractivity contribution in [3.8, 4) is 11.5 Å². The highest BCUT2D eigenvalue weighted by Crippen LogP contribution is 2.33. The average molecular weight is 406 g/mol. The molecule has 132 valence electrons. The van der Waals surface area contributed by atoms with Crippen LogP contribution in [0.25, 0.3) is 0 Å². The minimum absolute atomic E-state index is 0.0621. The highest BCUT2D eigenvalue weighted by Gasteiger charge is 2.15. The van der Waals surface area contributed by atoms with E-state index in [1.807, 2.05) is 0 Å². The first-order valence-electron chi connectivity index (χ1n) is 6.71. The van der Waals surface area contributed by atoms with Gasteiger partial charge in [0.1, 0.15) is 0 Å². The van der Waals surface area contributed by atoms with Crippen LogP contribution in [0.3, 0.4) is 0 Å².